The van der Waals surface area contributed by atoms with Gasteiger partial charge < -0.3 is 44.8 Å². The number of nitrogens with zero attached hydrogens (tertiary/aromatic N) is 7. The van der Waals surface area contributed by atoms with Crippen LogP contribution in [0.4, 0.5) is 21.4 Å². The van der Waals surface area contributed by atoms with E-state index >= 15 is 0 Å². The molecule has 2 unspecified atom stereocenters. The fraction of sp³-hybridized carbons (Fsp3) is 0.441. The number of ether oxygens (including phenoxy) is 2. The average Bonchev–Trinajstić information content (AvgIpc) is 0.738. The molecule has 1 radical (unpaired) electrons. The Bertz CT molecular complexity index is 3920. The number of aromatic nitrogens is 4. The number of unbranched alkanes of at least 4 members (excludes halogenated alkanes) is 2. The normalized spacial score (nSPS) is 21.4. The van der Waals surface area contributed by atoms with Gasteiger partial charge in [0.2, 0.25) is 11.8 Å². The molecule has 5 heterocycles. The first kappa shape index (κ1) is 66.1. The molecule has 2 atom stereocenters. The number of amides is 6. The maximum atomic E-state index is 13.8. The summed E-state index contributed by atoms with van der Waals surface area (Å²) in [5.74, 6) is -2.15. The second-order valence-electron chi connectivity index (χ2n) is 26.3. The van der Waals surface area contributed by atoms with Crippen LogP contribution in [-0.4, -0.2) is 144 Å². The summed E-state index contributed by atoms with van der Waals surface area (Å²) in [7, 11) is -4.36. The van der Waals surface area contributed by atoms with Gasteiger partial charge in [0.05, 0.1) is 34.8 Å². The van der Waals surface area contributed by atoms with Crippen molar-refractivity contribution in [2.24, 2.45) is 16.2 Å². The molecule has 6 aromatic rings. The first-order valence-corrected chi connectivity index (χ1v) is 34.2. The summed E-state index contributed by atoms with van der Waals surface area (Å²) in [6, 6.07) is 25.1. The Morgan fingerprint density at radius 1 is 0.849 bits per heavy atom. The van der Waals surface area contributed by atoms with Gasteiger partial charge in [-0.3, -0.25) is 43.4 Å². The fourth-order valence-corrected chi connectivity index (χ4v) is 17.0. The zero-order valence-electron chi connectivity index (χ0n) is 52.5. The van der Waals surface area contributed by atoms with Crippen LogP contribution in [0.25, 0.3) is 27.4 Å². The maximum absolute atomic E-state index is 13.8. The Morgan fingerprint density at radius 2 is 1.63 bits per heavy atom. The number of rotatable bonds is 28. The molecule has 0 saturated heterocycles. The minimum Gasteiger partial charge on any atom is -0.476 e. The molecule has 3 aromatic carbocycles. The first-order chi connectivity index (χ1) is 44.4. The van der Waals surface area contributed by atoms with Gasteiger partial charge in [0.1, 0.15) is 12.4 Å². The number of carboxylic acids is 1. The smallest absolute Gasteiger partial charge is 0.410 e. The molecule has 3 aromatic heterocycles. The minimum atomic E-state index is -4.36. The molecule has 93 heavy (non-hydrogen) atoms. The van der Waals surface area contributed by atoms with Crippen LogP contribution in [0.15, 0.2) is 97.2 Å². The number of pyridine rings is 1. The molecule has 12 rings (SSSR count). The highest BCUT2D eigenvalue weighted by Crippen LogP contribution is 2.72. The highest BCUT2D eigenvalue weighted by molar-refractivity contribution is 7.51. The number of carbonyl (C=O) groups is 7. The molecule has 4 bridgehead atoms. The molecule has 4 saturated carbocycles. The van der Waals surface area contributed by atoms with Gasteiger partial charge in [0.25, 0.3) is 17.7 Å². The number of anilines is 3. The number of hydrogen-bond acceptors (Lipinski definition) is 15. The monoisotopic (exact) mass is 1310 g/mol. The van der Waals surface area contributed by atoms with Crippen LogP contribution < -0.4 is 20.9 Å². The molecule has 6 amide bonds. The molecule has 23 nitrogen and oxygen atoms in total. The molecule has 6 N–H and O–H groups in total. The predicted octanol–water partition coefficient (Wildman–Crippen LogP) is 9.96. The van der Waals surface area contributed by atoms with E-state index in [1.165, 1.54) is 33.3 Å². The largest absolute Gasteiger partial charge is 0.476 e. The van der Waals surface area contributed by atoms with Crippen LogP contribution in [0.2, 0.25) is 0 Å². The van der Waals surface area contributed by atoms with E-state index in [2.05, 4.69) is 40.8 Å². The molecule has 0 spiro atoms. The zero-order valence-corrected chi connectivity index (χ0v) is 54.2. The lowest BCUT2D eigenvalue weighted by Gasteiger charge is -2.69. The van der Waals surface area contributed by atoms with Crippen molar-refractivity contribution in [3.63, 3.8) is 0 Å². The van der Waals surface area contributed by atoms with Crippen LogP contribution in [0.5, 0.6) is 0 Å². The molecular formula is C68H78N10O13PS. The number of thiazole rings is 1. The summed E-state index contributed by atoms with van der Waals surface area (Å²) in [6.07, 6.45) is 14.6. The fourth-order valence-electron chi connectivity index (χ4n) is 15.6. The van der Waals surface area contributed by atoms with E-state index in [4.69, 9.17) is 19.6 Å². The van der Waals surface area contributed by atoms with E-state index in [1.54, 1.807) is 48.7 Å². The zero-order chi connectivity index (χ0) is 65.7. The third-order valence-corrected chi connectivity index (χ3v) is 20.3. The van der Waals surface area contributed by atoms with Gasteiger partial charge in [0, 0.05) is 105 Å². The quantitative estimate of drug-likeness (QED) is 0.0151. The lowest BCUT2D eigenvalue weighted by atomic mass is 9.39. The second-order valence-corrected chi connectivity index (χ2v) is 29.1. The van der Waals surface area contributed by atoms with E-state index in [9.17, 15) is 53.0 Å². The Labute approximate surface area is 543 Å². The van der Waals surface area contributed by atoms with Crippen LogP contribution >= 0.6 is 18.9 Å². The van der Waals surface area contributed by atoms with Crippen molar-refractivity contribution in [2.75, 3.05) is 67.6 Å². The van der Waals surface area contributed by atoms with Crippen molar-refractivity contribution in [3.8, 4) is 11.1 Å². The van der Waals surface area contributed by atoms with Crippen molar-refractivity contribution in [3.05, 3.63) is 137 Å². The predicted molar refractivity (Wildman–Crippen MR) is 350 cm³/mol. The van der Waals surface area contributed by atoms with Crippen LogP contribution in [0.1, 0.15) is 134 Å². The van der Waals surface area contributed by atoms with Crippen LogP contribution in [0.3, 0.4) is 0 Å². The second kappa shape index (κ2) is 27.7. The summed E-state index contributed by atoms with van der Waals surface area (Å²) < 4.78 is 27.6. The third-order valence-electron chi connectivity index (χ3n) is 18.4. The summed E-state index contributed by atoms with van der Waals surface area (Å²) in [5.41, 5.74) is 5.28. The number of imide groups is 1. The van der Waals surface area contributed by atoms with Gasteiger partial charge >= 0.3 is 19.7 Å². The first-order valence-electron chi connectivity index (χ1n) is 31.6. The molecular weight excluding hydrogens is 1230 g/mol. The van der Waals surface area contributed by atoms with Gasteiger partial charge in [-0.1, -0.05) is 74.1 Å². The van der Waals surface area contributed by atoms with E-state index in [-0.39, 0.29) is 104 Å². The Balaban J connectivity index is 0.684. The summed E-state index contributed by atoms with van der Waals surface area (Å²) >= 11 is 1.41. The number of nitrogens with one attached hydrogen (secondary N) is 3. The number of hydrogen-bond donors (Lipinski definition) is 6. The maximum Gasteiger partial charge on any atom is 0.410 e. The highest BCUT2D eigenvalue weighted by Gasteiger charge is 2.66. The van der Waals surface area contributed by atoms with Crippen molar-refractivity contribution in [1.82, 2.24) is 34.9 Å². The van der Waals surface area contributed by atoms with Gasteiger partial charge in [-0.15, -0.1) is 0 Å². The SMILES string of the molecule is Cc1c(-c2ccc(N3CCc4cccc(C(=O)Nc5nc6ccccc6s5)c4C3)nc2C(=O)O)cnn1CC12CC3(C)CC(C)(C1)CC(OCCN(CCCP(=O)(O)O)C(=O)OC/C=C/c1cc[c]c(NC(=O)CCNC(=O)CCCCCN4C(=O)C=CC4=O)c1)(C3)C2. The van der Waals surface area contributed by atoms with Gasteiger partial charge in [-0.2, -0.15) is 5.10 Å². The topological polar surface area (TPSA) is 305 Å². The molecule has 25 heteroatoms. The lowest BCUT2D eigenvalue weighted by molar-refractivity contribution is -0.248. The van der Waals surface area contributed by atoms with Crippen molar-refractivity contribution in [1.29, 1.82) is 0 Å². The van der Waals surface area contributed by atoms with E-state index in [0.717, 1.165) is 65.6 Å². The van der Waals surface area contributed by atoms with Crippen molar-refractivity contribution in [2.45, 2.75) is 123 Å². The summed E-state index contributed by atoms with van der Waals surface area (Å²) in [6.45, 7) is 8.76. The van der Waals surface area contributed by atoms with Gasteiger partial charge in [-0.05, 0) is 147 Å². The number of aromatic carboxylic acids is 1. The highest BCUT2D eigenvalue weighted by atomic mass is 32.1. The Kier molecular flexibility index (Phi) is 19.6. The summed E-state index contributed by atoms with van der Waals surface area (Å²) in [5, 5.41) is 24.7. The van der Waals surface area contributed by atoms with E-state index < -0.39 is 31.4 Å². The molecule has 2 aliphatic heterocycles. The number of carboxylic acid groups (broad SMARTS) is 1. The van der Waals surface area contributed by atoms with E-state index in [1.807, 2.05) is 59.0 Å². The molecule has 4 aliphatic carbocycles. The van der Waals surface area contributed by atoms with Gasteiger partial charge in [-0.25, -0.2) is 19.6 Å². The van der Waals surface area contributed by atoms with E-state index in [0.29, 0.717) is 90.8 Å². The average molecular weight is 1310 g/mol. The van der Waals surface area contributed by atoms with Gasteiger partial charge in [0.15, 0.2) is 10.8 Å². The summed E-state index contributed by atoms with van der Waals surface area (Å²) in [4.78, 5) is 123. The number of para-hydroxylation sites is 1. The lowest BCUT2D eigenvalue weighted by Crippen LogP contribution is -2.64. The van der Waals surface area contributed by atoms with Crippen molar-refractivity contribution < 1.29 is 62.5 Å². The van der Waals surface area contributed by atoms with Crippen LogP contribution in [-0.2, 0) is 52.7 Å². The molecule has 489 valence electrons. The molecule has 4 fully saturated rings. The standard InChI is InChI=1S/C68H78N10O13PS/c1-45-51(49-21-22-55(73-60(49)62(84)85)76-30-26-47-15-10-17-50(52(47)37-76)61(83)74-63-72-53-18-6-7-19-54(53)93-63)36-70-78(45)44-67-39-65(2)38-66(3,40-67)42-68(41-65,43-67)91-33-31-75(28-12-34-92(87,88)89)64(86)90-32-11-14-46-13-9-16-48(35-46)71-57(80)25-27-69-56(79)20-5-4-8-29-77-58(81)23-24-59(77)82/h6-7,9-11,13-15,17-19,21-24,35-36H,4-5,8,12,20,25-34,37-44H2,1-3H3,(H,69,79)(H,71,80)(H,84,85)(H,72,74,83)(H2,87,88,89)/b14-11+. The number of fused-ring (bicyclic) bond motifs is 2. The molecule has 6 aliphatic rings. The third kappa shape index (κ3) is 16.0. The van der Waals surface area contributed by atoms with Crippen molar-refractivity contribution >= 4 is 93.5 Å². The van der Waals surface area contributed by atoms with Crippen LogP contribution in [0, 0.1) is 29.2 Å². The Morgan fingerprint density at radius 3 is 2.40 bits per heavy atom. The number of carbonyl (C=O) groups excluding carboxylic acids is 6. The number of benzene rings is 3. The Hall–Kier alpha value is -8.41. The minimum absolute atomic E-state index is 0.0272.